The Hall–Kier alpha value is -0.480. The van der Waals surface area contributed by atoms with Crippen molar-refractivity contribution >= 4 is 11.8 Å². The van der Waals surface area contributed by atoms with E-state index in [1.165, 1.54) is 17.2 Å². The summed E-state index contributed by atoms with van der Waals surface area (Å²) in [6.45, 7) is 13.0. The fraction of sp³-hybridized carbons (Fsp3) is 0.800. The van der Waals surface area contributed by atoms with E-state index in [0.717, 1.165) is 31.1 Å². The van der Waals surface area contributed by atoms with Crippen LogP contribution in [0.25, 0.3) is 0 Å². The van der Waals surface area contributed by atoms with Gasteiger partial charge in [0, 0.05) is 30.5 Å². The van der Waals surface area contributed by atoms with Crippen molar-refractivity contribution in [2.45, 2.75) is 53.6 Å². The molecular weight excluding hydrogens is 254 g/mol. The summed E-state index contributed by atoms with van der Waals surface area (Å²) in [6, 6.07) is 2.77. The lowest BCUT2D eigenvalue weighted by Crippen LogP contribution is -2.34. The van der Waals surface area contributed by atoms with Gasteiger partial charge in [0.2, 0.25) is 0 Å². The molecule has 0 aliphatic rings. The highest BCUT2D eigenvalue weighted by molar-refractivity contribution is 7.99. The van der Waals surface area contributed by atoms with Gasteiger partial charge in [0.25, 0.3) is 0 Å². The second-order valence-corrected chi connectivity index (χ2v) is 6.56. The van der Waals surface area contributed by atoms with Crippen LogP contribution in [0.15, 0.2) is 6.07 Å². The van der Waals surface area contributed by atoms with Gasteiger partial charge >= 0.3 is 0 Å². The first-order chi connectivity index (χ1) is 9.06. The van der Waals surface area contributed by atoms with Gasteiger partial charge in [0.05, 0.1) is 5.69 Å². The number of thioether (sulfide) groups is 1. The van der Waals surface area contributed by atoms with E-state index < -0.39 is 0 Å². The van der Waals surface area contributed by atoms with Gasteiger partial charge in [0.1, 0.15) is 0 Å². The van der Waals surface area contributed by atoms with Gasteiger partial charge in [-0.1, -0.05) is 20.8 Å². The van der Waals surface area contributed by atoms with Gasteiger partial charge in [-0.2, -0.15) is 16.9 Å². The van der Waals surface area contributed by atoms with Crippen LogP contribution in [0.4, 0.5) is 0 Å². The van der Waals surface area contributed by atoms with E-state index in [4.69, 9.17) is 0 Å². The van der Waals surface area contributed by atoms with Gasteiger partial charge < -0.3 is 5.32 Å². The van der Waals surface area contributed by atoms with Crippen molar-refractivity contribution in [2.75, 3.05) is 18.1 Å². The molecule has 0 bridgehead atoms. The summed E-state index contributed by atoms with van der Waals surface area (Å²) >= 11 is 2.06. The normalized spacial score (nSPS) is 13.2. The molecule has 1 aromatic heterocycles. The van der Waals surface area contributed by atoms with E-state index in [9.17, 15) is 0 Å². The van der Waals surface area contributed by atoms with E-state index in [-0.39, 0.29) is 0 Å². The average molecular weight is 283 g/mol. The molecule has 0 saturated carbocycles. The first-order valence-electron chi connectivity index (χ1n) is 7.41. The monoisotopic (exact) mass is 283 g/mol. The fourth-order valence-electron chi connectivity index (χ4n) is 2.21. The van der Waals surface area contributed by atoms with Crippen molar-refractivity contribution in [1.29, 1.82) is 0 Å². The van der Waals surface area contributed by atoms with Gasteiger partial charge in [-0.15, -0.1) is 0 Å². The highest BCUT2D eigenvalue weighted by atomic mass is 32.2. The van der Waals surface area contributed by atoms with Crippen LogP contribution in [0.2, 0.25) is 0 Å². The summed E-state index contributed by atoms with van der Waals surface area (Å²) in [4.78, 5) is 0. The molecule has 0 aliphatic carbocycles. The number of rotatable bonds is 9. The van der Waals surface area contributed by atoms with Crippen molar-refractivity contribution in [2.24, 2.45) is 5.92 Å². The summed E-state index contributed by atoms with van der Waals surface area (Å²) in [7, 11) is 0. The minimum Gasteiger partial charge on any atom is -0.313 e. The molecule has 0 aliphatic heterocycles. The van der Waals surface area contributed by atoms with Crippen LogP contribution in [0.1, 0.15) is 39.1 Å². The standard InChI is InChI=1S/C15H29N3S/c1-6-16-14(11-19-10-12(3)4)9-15-8-13(5)17-18(15)7-2/h8,12,14,16H,6-7,9-11H2,1-5H3. The summed E-state index contributed by atoms with van der Waals surface area (Å²) < 4.78 is 2.13. The lowest BCUT2D eigenvalue weighted by Gasteiger charge is -2.18. The molecule has 1 atom stereocenters. The topological polar surface area (TPSA) is 29.9 Å². The third-order valence-corrected chi connectivity index (χ3v) is 4.54. The molecule has 0 amide bonds. The molecule has 0 saturated heterocycles. The Morgan fingerprint density at radius 3 is 2.63 bits per heavy atom. The average Bonchev–Trinajstić information content (AvgIpc) is 2.69. The molecule has 0 spiro atoms. The summed E-state index contributed by atoms with van der Waals surface area (Å²) in [5.74, 6) is 3.20. The van der Waals surface area contributed by atoms with Crippen LogP contribution in [0.3, 0.4) is 0 Å². The second-order valence-electron chi connectivity index (χ2n) is 5.48. The van der Waals surface area contributed by atoms with Crippen LogP contribution in [-0.2, 0) is 13.0 Å². The largest absolute Gasteiger partial charge is 0.313 e. The van der Waals surface area contributed by atoms with Crippen molar-refractivity contribution in [3.63, 3.8) is 0 Å². The van der Waals surface area contributed by atoms with Gasteiger partial charge in [-0.3, -0.25) is 4.68 Å². The van der Waals surface area contributed by atoms with Crippen molar-refractivity contribution in [3.05, 3.63) is 17.5 Å². The molecule has 0 aromatic carbocycles. The summed E-state index contributed by atoms with van der Waals surface area (Å²) in [5.41, 5.74) is 2.48. The first-order valence-corrected chi connectivity index (χ1v) is 8.56. The molecule has 1 aromatic rings. The van der Waals surface area contributed by atoms with Gasteiger partial charge in [0.15, 0.2) is 0 Å². The fourth-order valence-corrected chi connectivity index (χ4v) is 3.34. The quantitative estimate of drug-likeness (QED) is 0.755. The maximum Gasteiger partial charge on any atom is 0.0596 e. The Morgan fingerprint density at radius 2 is 2.05 bits per heavy atom. The number of hydrogen-bond donors (Lipinski definition) is 1. The van der Waals surface area contributed by atoms with Crippen LogP contribution >= 0.6 is 11.8 Å². The molecule has 1 N–H and O–H groups in total. The molecule has 0 radical (unpaired) electrons. The Balaban J connectivity index is 2.56. The minimum absolute atomic E-state index is 0.551. The zero-order valence-corrected chi connectivity index (χ0v) is 13.9. The molecular formula is C15H29N3S. The second kappa shape index (κ2) is 8.64. The van der Waals surface area contributed by atoms with Gasteiger partial charge in [-0.05, 0) is 38.1 Å². The number of aryl methyl sites for hydroxylation is 2. The predicted molar refractivity (Wildman–Crippen MR) is 86.0 cm³/mol. The number of nitrogens with one attached hydrogen (secondary N) is 1. The van der Waals surface area contributed by atoms with Crippen LogP contribution in [0, 0.1) is 12.8 Å². The van der Waals surface area contributed by atoms with Gasteiger partial charge in [-0.25, -0.2) is 0 Å². The van der Waals surface area contributed by atoms with Crippen molar-refractivity contribution < 1.29 is 0 Å². The highest BCUT2D eigenvalue weighted by Crippen LogP contribution is 2.13. The van der Waals surface area contributed by atoms with E-state index in [0.29, 0.717) is 6.04 Å². The third kappa shape index (κ3) is 6.00. The minimum atomic E-state index is 0.551. The maximum absolute atomic E-state index is 4.53. The SMILES string of the molecule is CCNC(CSCC(C)C)Cc1cc(C)nn1CC. The smallest absolute Gasteiger partial charge is 0.0596 e. The molecule has 110 valence electrons. The van der Waals surface area contributed by atoms with Crippen molar-refractivity contribution in [3.8, 4) is 0 Å². The Labute approximate surface area is 122 Å². The Kier molecular flexibility index (Phi) is 7.54. The number of nitrogens with zero attached hydrogens (tertiary/aromatic N) is 2. The van der Waals surface area contributed by atoms with E-state index in [2.05, 4.69) is 67.5 Å². The van der Waals surface area contributed by atoms with Crippen LogP contribution in [-0.4, -0.2) is 33.9 Å². The molecule has 3 nitrogen and oxygen atoms in total. The van der Waals surface area contributed by atoms with Crippen LogP contribution < -0.4 is 5.32 Å². The molecule has 19 heavy (non-hydrogen) atoms. The molecule has 0 fully saturated rings. The van der Waals surface area contributed by atoms with Crippen LogP contribution in [0.5, 0.6) is 0 Å². The first kappa shape index (κ1) is 16.6. The Bertz CT molecular complexity index is 360. The molecule has 1 heterocycles. The lowest BCUT2D eigenvalue weighted by molar-refractivity contribution is 0.533. The Morgan fingerprint density at radius 1 is 1.32 bits per heavy atom. The summed E-state index contributed by atoms with van der Waals surface area (Å²) in [6.07, 6.45) is 1.08. The lowest BCUT2D eigenvalue weighted by atomic mass is 10.1. The predicted octanol–water partition coefficient (Wildman–Crippen LogP) is 3.12. The molecule has 1 unspecified atom stereocenters. The van der Waals surface area contributed by atoms with E-state index >= 15 is 0 Å². The zero-order valence-electron chi connectivity index (χ0n) is 13.1. The highest BCUT2D eigenvalue weighted by Gasteiger charge is 2.13. The maximum atomic E-state index is 4.53. The molecule has 4 heteroatoms. The number of likely N-dealkylation sites (N-methyl/N-ethyl adjacent to an activating group) is 1. The van der Waals surface area contributed by atoms with E-state index in [1.807, 2.05) is 0 Å². The summed E-state index contributed by atoms with van der Waals surface area (Å²) in [5, 5.41) is 8.14. The number of aromatic nitrogens is 2. The van der Waals surface area contributed by atoms with Crippen molar-refractivity contribution in [1.82, 2.24) is 15.1 Å². The number of hydrogen-bond acceptors (Lipinski definition) is 3. The third-order valence-electron chi connectivity index (χ3n) is 3.00. The zero-order chi connectivity index (χ0) is 14.3. The van der Waals surface area contributed by atoms with E-state index in [1.54, 1.807) is 0 Å². The molecule has 1 rings (SSSR count).